The second-order valence-corrected chi connectivity index (χ2v) is 51.9. The van der Waals surface area contributed by atoms with Crippen LogP contribution in [0.2, 0.25) is 48.5 Å². The van der Waals surface area contributed by atoms with Crippen molar-refractivity contribution >= 4 is 47.8 Å². The van der Waals surface area contributed by atoms with Crippen molar-refractivity contribution in [1.29, 1.82) is 0 Å². The molecule has 0 aliphatic heterocycles. The van der Waals surface area contributed by atoms with E-state index in [0.29, 0.717) is 0 Å². The summed E-state index contributed by atoms with van der Waals surface area (Å²) >= 11 is -3.21. The maximum atomic E-state index is 2.80. The molecule has 0 aromatic carbocycles. The Morgan fingerprint density at radius 1 is 0.719 bits per heavy atom. The van der Waals surface area contributed by atoms with E-state index in [9.17, 15) is 0 Å². The molecule has 0 aromatic rings. The average Bonchev–Trinajstić information content (AvgIpc) is 3.22. The Balaban J connectivity index is 0.00000480. The van der Waals surface area contributed by atoms with Crippen LogP contribution < -0.4 is 0 Å². The Bertz CT molecular complexity index is 806. The SMILES string of the molecule is CCCCC1=CC([Si](C)(C)C)=[C]([Zr]([CH3])([CH3])(=[SiH2])[C]2=C([Si](C)(C)C)C=C(CCCC)C2)C1.Cl.Cl. The topological polar surface area (TPSA) is 0 Å². The Hall–Kier alpha value is 1.07. The van der Waals surface area contributed by atoms with Crippen LogP contribution in [-0.2, 0) is 17.4 Å². The van der Waals surface area contributed by atoms with Crippen LogP contribution in [-0.4, -0.2) is 23.0 Å². The van der Waals surface area contributed by atoms with Gasteiger partial charge in [-0.2, -0.15) is 0 Å². The molecule has 0 aromatic heterocycles. The molecule has 0 fully saturated rings. The minimum atomic E-state index is -3.21. The Labute approximate surface area is 217 Å². The van der Waals surface area contributed by atoms with Crippen LogP contribution in [0.3, 0.4) is 0 Å². The zero-order valence-corrected chi connectivity index (χ0v) is 30.3. The normalized spacial score (nSPS) is 17.8. The zero-order valence-electron chi connectivity index (χ0n) is 22.8. The van der Waals surface area contributed by atoms with E-state index in [1.165, 1.54) is 51.4 Å². The summed E-state index contributed by atoms with van der Waals surface area (Å²) in [5, 5.41) is 3.70. The van der Waals surface area contributed by atoms with Gasteiger partial charge >= 0.3 is 194 Å². The van der Waals surface area contributed by atoms with Crippen molar-refractivity contribution in [2.45, 2.75) is 114 Å². The predicted molar refractivity (Wildman–Crippen MR) is 160 cm³/mol. The average molecular weight is 611 g/mol. The molecule has 0 radical (unpaired) electrons. The van der Waals surface area contributed by atoms with E-state index < -0.39 is 33.5 Å². The van der Waals surface area contributed by atoms with Gasteiger partial charge in [0.15, 0.2) is 0 Å². The summed E-state index contributed by atoms with van der Waals surface area (Å²) in [4.78, 5) is 0. The van der Waals surface area contributed by atoms with Crippen molar-refractivity contribution in [3.05, 3.63) is 40.3 Å². The molecular formula is C26H52Cl2Si3Zr. The summed E-state index contributed by atoms with van der Waals surface area (Å²) in [6, 6.07) is 0. The Morgan fingerprint density at radius 2 is 1.03 bits per heavy atom. The molecule has 0 saturated heterocycles. The van der Waals surface area contributed by atoms with E-state index in [1.807, 2.05) is 17.0 Å². The number of halogens is 2. The number of allylic oxidation sites excluding steroid dienone is 8. The maximum Gasteiger partial charge on any atom is -0.147 e. The molecule has 0 saturated carbocycles. The minimum absolute atomic E-state index is 0. The molecule has 32 heavy (non-hydrogen) atoms. The number of hydrogen-bond acceptors (Lipinski definition) is 0. The molecule has 0 nitrogen and oxygen atoms in total. The first-order valence-electron chi connectivity index (χ1n) is 12.5. The fourth-order valence-corrected chi connectivity index (χ4v) is 34.2. The van der Waals surface area contributed by atoms with Crippen LogP contribution in [0.25, 0.3) is 0 Å². The summed E-state index contributed by atoms with van der Waals surface area (Å²) in [6.07, 6.45) is 16.0. The summed E-state index contributed by atoms with van der Waals surface area (Å²) in [5.74, 6) is 0. The quantitative estimate of drug-likeness (QED) is 0.216. The van der Waals surface area contributed by atoms with Crippen LogP contribution in [0.15, 0.2) is 40.3 Å². The third-order valence-corrected chi connectivity index (χ3v) is 29.5. The third-order valence-electron chi connectivity index (χ3n) is 7.41. The van der Waals surface area contributed by atoms with Crippen molar-refractivity contribution in [1.82, 2.24) is 0 Å². The molecule has 2 aliphatic carbocycles. The molecular weight excluding hydrogens is 559 g/mol. The molecule has 0 unspecified atom stereocenters. The third kappa shape index (κ3) is 7.53. The first-order valence-corrected chi connectivity index (χ1v) is 32.8. The van der Waals surface area contributed by atoms with Crippen molar-refractivity contribution in [2.24, 2.45) is 0 Å². The molecule has 0 spiro atoms. The first kappa shape index (κ1) is 33.1. The molecule has 186 valence electrons. The smallest absolute Gasteiger partial charge is 0.147 e. The molecule has 0 amide bonds. The largest absolute Gasteiger partial charge is 0.147 e. The summed E-state index contributed by atoms with van der Waals surface area (Å²) in [6.45, 7) is 22.7. The summed E-state index contributed by atoms with van der Waals surface area (Å²) < 4.78 is 9.57. The molecule has 0 N–H and O–H groups in total. The molecule has 0 heterocycles. The predicted octanol–water partition coefficient (Wildman–Crippen LogP) is 9.47. The van der Waals surface area contributed by atoms with Gasteiger partial charge in [0, 0.05) is 0 Å². The van der Waals surface area contributed by atoms with E-state index in [2.05, 4.69) is 81.4 Å². The Morgan fingerprint density at radius 3 is 1.28 bits per heavy atom. The van der Waals surface area contributed by atoms with Gasteiger partial charge in [0.25, 0.3) is 0 Å². The minimum Gasteiger partial charge on any atom is -0.147 e. The van der Waals surface area contributed by atoms with Crippen LogP contribution in [0.4, 0.5) is 0 Å². The first-order chi connectivity index (χ1) is 13.6. The molecule has 2 aliphatic rings. The molecule has 0 atom stereocenters. The summed E-state index contributed by atoms with van der Waals surface area (Å²) in [5.41, 5.74) is 3.51. The van der Waals surface area contributed by atoms with E-state index in [1.54, 1.807) is 11.1 Å². The Kier molecular flexibility index (Phi) is 12.3. The van der Waals surface area contributed by atoms with Gasteiger partial charge in [0.05, 0.1) is 0 Å². The van der Waals surface area contributed by atoms with Gasteiger partial charge < -0.3 is 0 Å². The van der Waals surface area contributed by atoms with Gasteiger partial charge in [0.1, 0.15) is 0 Å². The van der Waals surface area contributed by atoms with Gasteiger partial charge in [-0.3, -0.25) is 0 Å². The van der Waals surface area contributed by atoms with Gasteiger partial charge in [-0.25, -0.2) is 0 Å². The van der Waals surface area contributed by atoms with Crippen LogP contribution >= 0.6 is 24.8 Å². The number of hydrogen-bond donors (Lipinski definition) is 0. The van der Waals surface area contributed by atoms with Crippen LogP contribution in [0.5, 0.6) is 0 Å². The van der Waals surface area contributed by atoms with E-state index in [4.69, 9.17) is 0 Å². The zero-order chi connectivity index (χ0) is 23.0. The van der Waals surface area contributed by atoms with Gasteiger partial charge in [0.2, 0.25) is 0 Å². The maximum absolute atomic E-state index is 3.21. The van der Waals surface area contributed by atoms with Crippen molar-refractivity contribution < 1.29 is 17.4 Å². The number of rotatable bonds is 10. The van der Waals surface area contributed by atoms with E-state index >= 15 is 0 Å². The van der Waals surface area contributed by atoms with Gasteiger partial charge in [-0.1, -0.05) is 0 Å². The van der Waals surface area contributed by atoms with Crippen LogP contribution in [0.1, 0.15) is 65.2 Å². The van der Waals surface area contributed by atoms with Gasteiger partial charge in [-0.05, 0) is 0 Å². The van der Waals surface area contributed by atoms with Crippen molar-refractivity contribution in [3.8, 4) is 0 Å². The number of unbranched alkanes of at least 4 members (excludes halogenated alkanes) is 2. The fraction of sp³-hybridized carbons (Fsp3) is 0.692. The molecule has 2 rings (SSSR count). The van der Waals surface area contributed by atoms with Gasteiger partial charge in [-0.15, -0.1) is 24.8 Å². The second kappa shape index (κ2) is 11.9. The molecule has 6 heteroatoms. The van der Waals surface area contributed by atoms with Crippen molar-refractivity contribution in [3.63, 3.8) is 0 Å². The molecule has 0 bridgehead atoms. The second-order valence-electron chi connectivity index (χ2n) is 13.1. The summed E-state index contributed by atoms with van der Waals surface area (Å²) in [7, 11) is -2.70. The van der Waals surface area contributed by atoms with E-state index in [-0.39, 0.29) is 24.8 Å². The van der Waals surface area contributed by atoms with Crippen LogP contribution in [0, 0.1) is 0 Å². The fourth-order valence-electron chi connectivity index (χ4n) is 5.41. The standard InChI is InChI=1S/2C12H21Si.2CH3.2ClH.H2Si.Zr/c2*1-5-6-7-11-8-9-12(10-11)13(2,3)4;;;;;;/h2*10H,5-8H2,1-4H3;2*1H3;2*1H;1H2;. The monoisotopic (exact) mass is 608 g/mol. The van der Waals surface area contributed by atoms with E-state index in [0.717, 1.165) is 0 Å². The van der Waals surface area contributed by atoms with Crippen molar-refractivity contribution in [2.75, 3.05) is 0 Å².